The monoisotopic (exact) mass is 493 g/mol. The van der Waals surface area contributed by atoms with Crippen molar-refractivity contribution >= 4 is 28.8 Å². The van der Waals surface area contributed by atoms with Gasteiger partial charge >= 0.3 is 0 Å². The van der Waals surface area contributed by atoms with Gasteiger partial charge in [-0.1, -0.05) is 85.3 Å². The predicted octanol–water partition coefficient (Wildman–Crippen LogP) is 6.00. The summed E-state index contributed by atoms with van der Waals surface area (Å²) >= 11 is 0. The molecule has 1 aromatic heterocycles. The Bertz CT molecular complexity index is 1340. The van der Waals surface area contributed by atoms with Crippen molar-refractivity contribution in [1.82, 2.24) is 14.8 Å². The maximum atomic E-state index is 13.6. The zero-order valence-electron chi connectivity index (χ0n) is 21.7. The molecule has 5 heteroatoms. The minimum Gasteiger partial charge on any atom is -0.361 e. The van der Waals surface area contributed by atoms with E-state index < -0.39 is 0 Å². The molecule has 0 radical (unpaired) electrons. The van der Waals surface area contributed by atoms with Crippen LogP contribution in [0.2, 0.25) is 0 Å². The molecular formula is C32H35N3O2. The Morgan fingerprint density at radius 1 is 0.865 bits per heavy atom. The average molecular weight is 494 g/mol. The average Bonchev–Trinajstić information content (AvgIpc) is 3.34. The largest absolute Gasteiger partial charge is 0.361 e. The third kappa shape index (κ3) is 7.20. The van der Waals surface area contributed by atoms with Crippen LogP contribution in [0.25, 0.3) is 17.0 Å². The van der Waals surface area contributed by atoms with Crippen LogP contribution in [0.1, 0.15) is 35.6 Å². The van der Waals surface area contributed by atoms with Gasteiger partial charge in [-0.05, 0) is 48.6 Å². The molecule has 190 valence electrons. The van der Waals surface area contributed by atoms with Crippen LogP contribution in [0.5, 0.6) is 0 Å². The van der Waals surface area contributed by atoms with Crippen LogP contribution in [0.15, 0.2) is 91.1 Å². The number of aromatic amines is 1. The maximum Gasteiger partial charge on any atom is 0.247 e. The Hall–Kier alpha value is -4.12. The number of para-hydroxylation sites is 1. The van der Waals surface area contributed by atoms with Gasteiger partial charge in [-0.2, -0.15) is 0 Å². The number of nitrogens with one attached hydrogen (secondary N) is 1. The van der Waals surface area contributed by atoms with E-state index in [-0.39, 0.29) is 18.4 Å². The summed E-state index contributed by atoms with van der Waals surface area (Å²) in [7, 11) is 0. The van der Waals surface area contributed by atoms with E-state index in [4.69, 9.17) is 0 Å². The summed E-state index contributed by atoms with van der Waals surface area (Å²) in [6.45, 7) is 5.75. The quantitative estimate of drug-likeness (QED) is 0.261. The second-order valence-corrected chi connectivity index (χ2v) is 9.41. The molecule has 0 spiro atoms. The van der Waals surface area contributed by atoms with Gasteiger partial charge in [-0.15, -0.1) is 0 Å². The van der Waals surface area contributed by atoms with Gasteiger partial charge in [0.15, 0.2) is 0 Å². The number of hydrogen-bond donors (Lipinski definition) is 1. The molecule has 2 amide bonds. The van der Waals surface area contributed by atoms with Crippen LogP contribution in [0.3, 0.4) is 0 Å². The Kier molecular flexibility index (Phi) is 8.93. The first-order chi connectivity index (χ1) is 18.0. The van der Waals surface area contributed by atoms with Crippen molar-refractivity contribution in [1.29, 1.82) is 0 Å². The van der Waals surface area contributed by atoms with Crippen molar-refractivity contribution < 1.29 is 9.59 Å². The van der Waals surface area contributed by atoms with Crippen LogP contribution in [-0.4, -0.2) is 46.2 Å². The van der Waals surface area contributed by atoms with E-state index in [0.717, 1.165) is 29.5 Å². The highest BCUT2D eigenvalue weighted by atomic mass is 16.2. The summed E-state index contributed by atoms with van der Waals surface area (Å²) in [6, 6.07) is 26.2. The lowest BCUT2D eigenvalue weighted by Crippen LogP contribution is -2.43. The molecule has 4 aromatic rings. The predicted molar refractivity (Wildman–Crippen MR) is 151 cm³/mol. The fraction of sp³-hybridized carbons (Fsp3) is 0.250. The summed E-state index contributed by atoms with van der Waals surface area (Å²) in [5, 5.41) is 1.18. The zero-order valence-corrected chi connectivity index (χ0v) is 21.7. The molecule has 0 saturated heterocycles. The van der Waals surface area contributed by atoms with Crippen molar-refractivity contribution in [2.75, 3.05) is 19.6 Å². The zero-order chi connectivity index (χ0) is 26.0. The lowest BCUT2D eigenvalue weighted by atomic mass is 10.1. The topological polar surface area (TPSA) is 56.4 Å². The van der Waals surface area contributed by atoms with E-state index in [1.165, 1.54) is 16.5 Å². The molecule has 4 rings (SSSR count). The van der Waals surface area contributed by atoms with E-state index >= 15 is 0 Å². The van der Waals surface area contributed by atoms with Crippen LogP contribution in [-0.2, 0) is 22.6 Å². The number of carbonyl (C=O) groups is 2. The Morgan fingerprint density at radius 2 is 1.59 bits per heavy atom. The number of rotatable bonds is 11. The molecular weight excluding hydrogens is 458 g/mol. The first kappa shape index (κ1) is 26.0. The van der Waals surface area contributed by atoms with Crippen molar-refractivity contribution in [3.8, 4) is 0 Å². The second kappa shape index (κ2) is 12.7. The Balaban J connectivity index is 1.49. The molecule has 0 aliphatic rings. The lowest BCUT2D eigenvalue weighted by Gasteiger charge is -2.27. The summed E-state index contributed by atoms with van der Waals surface area (Å²) in [6.07, 6.45) is 6.91. The number of nitrogens with zero attached hydrogens (tertiary/aromatic N) is 2. The lowest BCUT2D eigenvalue weighted by molar-refractivity contribution is -0.138. The van der Waals surface area contributed by atoms with Gasteiger partial charge in [0, 0.05) is 42.8 Å². The molecule has 0 aliphatic carbocycles. The second-order valence-electron chi connectivity index (χ2n) is 9.41. The number of hydrogen-bond acceptors (Lipinski definition) is 2. The minimum absolute atomic E-state index is 0.0460. The molecule has 0 atom stereocenters. The fourth-order valence-electron chi connectivity index (χ4n) is 4.44. The number of H-pyrrole nitrogens is 1. The Labute approximate surface area is 219 Å². The molecule has 5 nitrogen and oxygen atoms in total. The summed E-state index contributed by atoms with van der Waals surface area (Å²) in [5.74, 6) is -0.193. The van der Waals surface area contributed by atoms with E-state index in [0.29, 0.717) is 19.6 Å². The van der Waals surface area contributed by atoms with Crippen molar-refractivity contribution in [3.63, 3.8) is 0 Å². The first-order valence-corrected chi connectivity index (χ1v) is 12.9. The number of benzene rings is 3. The highest BCUT2D eigenvalue weighted by molar-refractivity contribution is 5.94. The molecule has 3 aromatic carbocycles. The summed E-state index contributed by atoms with van der Waals surface area (Å²) in [5.41, 5.74) is 5.50. The van der Waals surface area contributed by atoms with Gasteiger partial charge in [-0.25, -0.2) is 0 Å². The van der Waals surface area contributed by atoms with Gasteiger partial charge in [0.1, 0.15) is 6.54 Å². The van der Waals surface area contributed by atoms with E-state index in [9.17, 15) is 9.59 Å². The smallest absolute Gasteiger partial charge is 0.247 e. The molecule has 0 saturated carbocycles. The van der Waals surface area contributed by atoms with Crippen molar-refractivity contribution in [2.45, 2.75) is 33.2 Å². The van der Waals surface area contributed by atoms with E-state index in [1.807, 2.05) is 60.5 Å². The number of fused-ring (bicyclic) bond motifs is 1. The number of carbonyl (C=O) groups excluding carboxylic acids is 2. The third-order valence-electron chi connectivity index (χ3n) is 6.52. The van der Waals surface area contributed by atoms with Crippen LogP contribution in [0.4, 0.5) is 0 Å². The van der Waals surface area contributed by atoms with Gasteiger partial charge in [0.25, 0.3) is 0 Å². The molecule has 37 heavy (non-hydrogen) atoms. The molecule has 0 bridgehead atoms. The Morgan fingerprint density at radius 3 is 2.35 bits per heavy atom. The molecule has 1 N–H and O–H groups in total. The number of aryl methyl sites for hydroxylation is 1. The molecule has 0 fully saturated rings. The summed E-state index contributed by atoms with van der Waals surface area (Å²) in [4.78, 5) is 33.5. The molecule has 1 heterocycles. The first-order valence-electron chi connectivity index (χ1n) is 12.9. The fourth-order valence-corrected chi connectivity index (χ4v) is 4.44. The van der Waals surface area contributed by atoms with Crippen LogP contribution >= 0.6 is 0 Å². The van der Waals surface area contributed by atoms with Gasteiger partial charge < -0.3 is 14.8 Å². The van der Waals surface area contributed by atoms with E-state index in [1.54, 1.807) is 17.1 Å². The van der Waals surface area contributed by atoms with Crippen molar-refractivity contribution in [2.24, 2.45) is 0 Å². The standard InChI is InChI=1S/C32H35N3O2/c1-3-20-34(31(36)18-17-26-9-5-4-6-10-26)24-32(37)35(23-27-15-13-25(2)14-16-27)21-19-28-22-33-30-12-8-7-11-29(28)30/h4-18,22,33H,3,19-21,23-24H2,1-2H3. The molecule has 0 unspecified atom stereocenters. The highest BCUT2D eigenvalue weighted by Gasteiger charge is 2.20. The SMILES string of the molecule is CCCN(CC(=O)N(CCc1c[nH]c2ccccc12)Cc1ccc(C)cc1)C(=O)C=Cc1ccccc1. The summed E-state index contributed by atoms with van der Waals surface area (Å²) < 4.78 is 0. The normalized spacial score (nSPS) is 11.2. The third-order valence-corrected chi connectivity index (χ3v) is 6.52. The van der Waals surface area contributed by atoms with E-state index in [2.05, 4.69) is 48.3 Å². The van der Waals surface area contributed by atoms with Crippen LogP contribution < -0.4 is 0 Å². The molecule has 0 aliphatic heterocycles. The number of amides is 2. The maximum absolute atomic E-state index is 13.6. The minimum atomic E-state index is -0.147. The highest BCUT2D eigenvalue weighted by Crippen LogP contribution is 2.19. The number of aromatic nitrogens is 1. The van der Waals surface area contributed by atoms with Gasteiger partial charge in [-0.3, -0.25) is 9.59 Å². The van der Waals surface area contributed by atoms with Gasteiger partial charge in [0.2, 0.25) is 11.8 Å². The van der Waals surface area contributed by atoms with Gasteiger partial charge in [0.05, 0.1) is 0 Å². The van der Waals surface area contributed by atoms with Crippen LogP contribution in [0, 0.1) is 6.92 Å². The van der Waals surface area contributed by atoms with Crippen molar-refractivity contribution in [3.05, 3.63) is 113 Å².